The molecule has 1 atom stereocenters. The largest absolute Gasteiger partial charge is 0.416 e. The Labute approximate surface area is 209 Å². The molecule has 37 heavy (non-hydrogen) atoms. The van der Waals surface area contributed by atoms with Crippen molar-refractivity contribution in [1.82, 2.24) is 35.4 Å². The minimum Gasteiger partial charge on any atom is -0.354 e. The van der Waals surface area contributed by atoms with E-state index in [1.54, 1.807) is 6.92 Å². The standard InChI is InChI=1S/C22H22F3N7O4S/c1-11(29-20(33)13-6-14(22(23,24)25)8-15(7-13)37(3,35)36)19-30-18(12-4-5-12)31-32(19)17-9-16(21(34)26-2)27-10-28-17/h6-12H,4-5H2,1-3H3,(H,26,34)(H,29,33)/t11-/m0/s1. The van der Waals surface area contributed by atoms with E-state index < -0.39 is 49.9 Å². The van der Waals surface area contributed by atoms with Crippen LogP contribution in [0.4, 0.5) is 13.2 Å². The van der Waals surface area contributed by atoms with Crippen molar-refractivity contribution in [3.05, 3.63) is 59.1 Å². The number of hydrogen-bond acceptors (Lipinski definition) is 8. The normalized spacial score (nSPS) is 14.8. The van der Waals surface area contributed by atoms with E-state index in [1.807, 2.05) is 0 Å². The summed E-state index contributed by atoms with van der Waals surface area (Å²) in [5.74, 6) is -0.381. The first-order valence-electron chi connectivity index (χ1n) is 11.0. The van der Waals surface area contributed by atoms with E-state index in [0.717, 1.165) is 25.2 Å². The number of amides is 2. The van der Waals surface area contributed by atoms with Gasteiger partial charge >= 0.3 is 6.18 Å². The van der Waals surface area contributed by atoms with Gasteiger partial charge in [0.2, 0.25) is 0 Å². The van der Waals surface area contributed by atoms with Crippen LogP contribution in [0.3, 0.4) is 0 Å². The maximum atomic E-state index is 13.4. The predicted molar refractivity (Wildman–Crippen MR) is 123 cm³/mol. The Hall–Kier alpha value is -3.88. The fraction of sp³-hybridized carbons (Fsp3) is 0.364. The van der Waals surface area contributed by atoms with E-state index in [-0.39, 0.29) is 23.3 Å². The van der Waals surface area contributed by atoms with Crippen molar-refractivity contribution in [2.45, 2.75) is 42.8 Å². The first kappa shape index (κ1) is 26.2. The van der Waals surface area contributed by atoms with Gasteiger partial charge in [-0.3, -0.25) is 9.59 Å². The molecule has 0 spiro atoms. The quantitative estimate of drug-likeness (QED) is 0.466. The van der Waals surface area contributed by atoms with Gasteiger partial charge in [0.1, 0.15) is 12.0 Å². The number of alkyl halides is 3. The third-order valence-electron chi connectivity index (χ3n) is 5.58. The molecule has 15 heteroatoms. The molecule has 2 heterocycles. The fourth-order valence-electron chi connectivity index (χ4n) is 3.47. The van der Waals surface area contributed by atoms with Crippen molar-refractivity contribution in [1.29, 1.82) is 0 Å². The number of halogens is 3. The van der Waals surface area contributed by atoms with Crippen LogP contribution in [0.2, 0.25) is 0 Å². The maximum Gasteiger partial charge on any atom is 0.416 e. The molecule has 2 N–H and O–H groups in total. The molecule has 1 fully saturated rings. The Bertz CT molecular complexity index is 1480. The summed E-state index contributed by atoms with van der Waals surface area (Å²) in [4.78, 5) is 36.9. The lowest BCUT2D eigenvalue weighted by Gasteiger charge is -2.16. The second-order valence-corrected chi connectivity index (χ2v) is 10.6. The highest BCUT2D eigenvalue weighted by atomic mass is 32.2. The summed E-state index contributed by atoms with van der Waals surface area (Å²) >= 11 is 0. The number of aromatic nitrogens is 5. The Morgan fingerprint density at radius 3 is 2.41 bits per heavy atom. The predicted octanol–water partition coefficient (Wildman–Crippen LogP) is 2.21. The summed E-state index contributed by atoms with van der Waals surface area (Å²) in [5.41, 5.74) is -1.69. The van der Waals surface area contributed by atoms with E-state index in [1.165, 1.54) is 24.1 Å². The maximum absolute atomic E-state index is 13.4. The molecule has 3 aromatic rings. The van der Waals surface area contributed by atoms with Crippen LogP contribution in [-0.2, 0) is 16.0 Å². The molecule has 2 aromatic heterocycles. The average molecular weight is 538 g/mol. The molecule has 11 nitrogen and oxygen atoms in total. The highest BCUT2D eigenvalue weighted by Gasteiger charge is 2.34. The van der Waals surface area contributed by atoms with Crippen LogP contribution >= 0.6 is 0 Å². The van der Waals surface area contributed by atoms with Gasteiger partial charge in [-0.05, 0) is 38.0 Å². The summed E-state index contributed by atoms with van der Waals surface area (Å²) in [6.45, 7) is 1.54. The van der Waals surface area contributed by atoms with Crippen LogP contribution < -0.4 is 10.6 Å². The number of hydrogen-bond donors (Lipinski definition) is 2. The third kappa shape index (κ3) is 5.76. The zero-order valence-corrected chi connectivity index (χ0v) is 20.7. The Morgan fingerprint density at radius 2 is 1.81 bits per heavy atom. The Kier molecular flexibility index (Phi) is 6.75. The number of carbonyl (C=O) groups is 2. The zero-order chi connectivity index (χ0) is 27.1. The average Bonchev–Trinajstić information content (AvgIpc) is 3.60. The van der Waals surface area contributed by atoms with Crippen molar-refractivity contribution < 1.29 is 31.2 Å². The van der Waals surface area contributed by atoms with Gasteiger partial charge in [-0.25, -0.2) is 23.4 Å². The summed E-state index contributed by atoms with van der Waals surface area (Å²) in [6, 6.07) is 2.44. The van der Waals surface area contributed by atoms with Crippen LogP contribution in [0, 0.1) is 0 Å². The summed E-state index contributed by atoms with van der Waals surface area (Å²) in [5, 5.41) is 9.47. The van der Waals surface area contributed by atoms with E-state index in [4.69, 9.17) is 0 Å². The highest BCUT2D eigenvalue weighted by molar-refractivity contribution is 7.90. The van der Waals surface area contributed by atoms with Crippen molar-refractivity contribution in [2.75, 3.05) is 13.3 Å². The molecule has 0 unspecified atom stereocenters. The lowest BCUT2D eigenvalue weighted by molar-refractivity contribution is -0.137. The number of nitrogens with zero attached hydrogens (tertiary/aromatic N) is 5. The molecule has 1 saturated carbocycles. The van der Waals surface area contributed by atoms with Crippen LogP contribution in [0.25, 0.3) is 5.82 Å². The lowest BCUT2D eigenvalue weighted by Crippen LogP contribution is -2.29. The fourth-order valence-corrected chi connectivity index (χ4v) is 4.15. The molecule has 1 aromatic carbocycles. The van der Waals surface area contributed by atoms with Gasteiger partial charge in [-0.15, -0.1) is 5.10 Å². The molecule has 196 valence electrons. The number of carbonyl (C=O) groups excluding carboxylic acids is 2. The van der Waals surface area contributed by atoms with Gasteiger partial charge in [0.05, 0.1) is 16.5 Å². The Balaban J connectivity index is 1.70. The highest BCUT2D eigenvalue weighted by Crippen LogP contribution is 2.39. The van der Waals surface area contributed by atoms with E-state index in [0.29, 0.717) is 18.0 Å². The first-order valence-corrected chi connectivity index (χ1v) is 12.9. The van der Waals surface area contributed by atoms with Crippen LogP contribution in [-0.4, -0.2) is 58.3 Å². The molecular weight excluding hydrogens is 515 g/mol. The van der Waals surface area contributed by atoms with Gasteiger partial charge < -0.3 is 10.6 Å². The van der Waals surface area contributed by atoms with Gasteiger partial charge in [-0.2, -0.15) is 17.9 Å². The van der Waals surface area contributed by atoms with Crippen molar-refractivity contribution in [2.24, 2.45) is 0 Å². The van der Waals surface area contributed by atoms with Crippen LogP contribution in [0.1, 0.15) is 69.8 Å². The topological polar surface area (TPSA) is 149 Å². The minimum atomic E-state index is -4.86. The molecule has 0 radical (unpaired) electrons. The minimum absolute atomic E-state index is 0.0656. The summed E-state index contributed by atoms with van der Waals surface area (Å²) < 4.78 is 65.4. The molecule has 0 aliphatic heterocycles. The molecule has 1 aliphatic carbocycles. The van der Waals surface area contributed by atoms with Crippen molar-refractivity contribution in [3.63, 3.8) is 0 Å². The van der Waals surface area contributed by atoms with Gasteiger partial charge in [0.25, 0.3) is 11.8 Å². The first-order chi connectivity index (χ1) is 17.3. The number of rotatable bonds is 7. The van der Waals surface area contributed by atoms with Crippen LogP contribution in [0.5, 0.6) is 0 Å². The Morgan fingerprint density at radius 1 is 1.11 bits per heavy atom. The molecule has 4 rings (SSSR count). The molecule has 1 aliphatic rings. The van der Waals surface area contributed by atoms with Crippen molar-refractivity contribution in [3.8, 4) is 5.82 Å². The van der Waals surface area contributed by atoms with E-state index >= 15 is 0 Å². The summed E-state index contributed by atoms with van der Waals surface area (Å²) in [6.07, 6.45) is -1.20. The summed E-state index contributed by atoms with van der Waals surface area (Å²) in [7, 11) is -2.59. The second-order valence-electron chi connectivity index (χ2n) is 8.57. The lowest BCUT2D eigenvalue weighted by atomic mass is 10.1. The smallest absolute Gasteiger partial charge is 0.354 e. The van der Waals surface area contributed by atoms with E-state index in [9.17, 15) is 31.2 Å². The molecule has 0 saturated heterocycles. The van der Waals surface area contributed by atoms with Gasteiger partial charge in [0.15, 0.2) is 27.3 Å². The van der Waals surface area contributed by atoms with E-state index in [2.05, 4.69) is 30.7 Å². The molecular formula is C22H22F3N7O4S. The number of sulfone groups is 1. The van der Waals surface area contributed by atoms with Crippen molar-refractivity contribution >= 4 is 21.7 Å². The van der Waals surface area contributed by atoms with Gasteiger partial charge in [0, 0.05) is 30.9 Å². The third-order valence-corrected chi connectivity index (χ3v) is 6.67. The number of benzene rings is 1. The second kappa shape index (κ2) is 9.53. The zero-order valence-electron chi connectivity index (χ0n) is 19.9. The van der Waals surface area contributed by atoms with Crippen LogP contribution in [0.15, 0.2) is 35.5 Å². The van der Waals surface area contributed by atoms with Gasteiger partial charge in [-0.1, -0.05) is 0 Å². The molecule has 2 amide bonds. The number of nitrogens with one attached hydrogen (secondary N) is 2. The molecule has 0 bridgehead atoms. The monoisotopic (exact) mass is 537 g/mol. The SMILES string of the molecule is CNC(=O)c1cc(-n2nc(C3CC3)nc2[C@H](C)NC(=O)c2cc(C(F)(F)F)cc(S(C)(=O)=O)c2)ncn1.